The third-order valence-corrected chi connectivity index (χ3v) is 17.6. The van der Waals surface area contributed by atoms with Gasteiger partial charge in [0.05, 0.1) is 49.2 Å². The summed E-state index contributed by atoms with van der Waals surface area (Å²) in [5.41, 5.74) is -5.41. The van der Waals surface area contributed by atoms with Gasteiger partial charge in [0.1, 0.15) is 58.6 Å². The molecule has 466 valence electrons. The molecular weight excluding hydrogens is 1340 g/mol. The largest absolute Gasteiger partial charge is 0.505 e. The average molecular weight is 1370 g/mol. The number of hydrogen-bond donors (Lipinski definition) is 12. The second-order valence-corrected chi connectivity index (χ2v) is 26.2. The van der Waals surface area contributed by atoms with Crippen LogP contribution in [0.3, 0.4) is 0 Å². The Labute approximate surface area is 497 Å². The molecule has 89 heavy (non-hydrogen) atoms. The number of aromatic carboxylic acids is 1. The quantitative estimate of drug-likeness (QED) is 0.00663. The van der Waals surface area contributed by atoms with E-state index in [-0.39, 0.29) is 17.7 Å². The van der Waals surface area contributed by atoms with E-state index in [1.165, 1.54) is 0 Å². The number of benzene rings is 7. The molecule has 0 aliphatic heterocycles. The fourth-order valence-corrected chi connectivity index (χ4v) is 12.2. The van der Waals surface area contributed by atoms with Crippen LogP contribution in [0, 0.1) is 10.1 Å². The van der Waals surface area contributed by atoms with Gasteiger partial charge in [-0.3, -0.25) is 47.3 Å². The van der Waals surface area contributed by atoms with E-state index < -0.39 is 207 Å². The standard InChI is InChI=1S/C42H28N12O28S7/c43-33-26(15-29(86(69,70)71)22-13-27(83-82-81-62)34(39(56)32(22)33)49-45-23-8-4-18(54(60)61)12-30(23)87(72,73)74)48-46-24-9-7-20-21(40(24)89(78,79)80)14-31(88(75,76)77)35(38(20)55)50-44-16-1-10-28(85(66,67)68)25(11-16)47-51-36-37(42(58)59)52-53(41(36)57)17-2-5-19(6-3-17)84(63,64)65/h1-15,52,55-56,62H,43H2,(H,58,59)(H,63,64,65)(H,66,67,68)(H,69,70,71)(H,72,73,74)(H,75,76,77)(H,78,79,80). The number of fused-ring (bicyclic) bond motifs is 2. The molecule has 0 atom stereocenters. The number of carboxylic acids is 1. The number of rotatable bonds is 20. The number of nitrogens with one attached hydrogen (secondary N) is 1. The molecule has 0 saturated carbocycles. The number of carboxylic acid groups (broad SMARTS) is 1. The first-order valence-corrected chi connectivity index (χ1v) is 31.8. The van der Waals surface area contributed by atoms with Crippen LogP contribution in [-0.4, -0.2) is 119 Å². The van der Waals surface area contributed by atoms with Crippen LogP contribution in [0.4, 0.5) is 56.9 Å². The van der Waals surface area contributed by atoms with Gasteiger partial charge in [-0.15, -0.1) is 40.1 Å². The molecule has 1 heterocycles. The van der Waals surface area contributed by atoms with Gasteiger partial charge in [0.25, 0.3) is 72.0 Å². The minimum absolute atomic E-state index is 0.0559. The number of nitrogen functional groups attached to an aromatic ring is 1. The number of phenolic OH excluding ortho intramolecular Hbond substituents is 2. The SMILES string of the molecule is Nc1c(N=Nc2ccc3c(O)c(N=Nc4ccc(S(=O)(=O)O)c(N=Nc5c(C(=O)O)[nH]n(-c6ccc(S(=O)(=O)O)cc6)c5=O)c4)c(S(=O)(=O)O)cc3c2S(=O)(=O)O)cc(S(=O)(=O)O)c2cc(SOOO)c(N=Nc3ccc([N+](=O)[O-])cc3S(=O)(=O)O)c(O)c12. The summed E-state index contributed by atoms with van der Waals surface area (Å²) < 4.78 is 215. The number of carbonyl (C=O) groups is 1. The maximum absolute atomic E-state index is 13.4. The molecule has 47 heteroatoms. The smallest absolute Gasteiger partial charge is 0.356 e. The molecule has 40 nitrogen and oxygen atoms in total. The second kappa shape index (κ2) is 23.8. The lowest BCUT2D eigenvalue weighted by atomic mass is 10.0. The van der Waals surface area contributed by atoms with Gasteiger partial charge < -0.3 is 21.1 Å². The minimum Gasteiger partial charge on any atom is -0.505 e. The number of H-pyrrole nitrogens is 1. The second-order valence-electron chi connectivity index (χ2n) is 17.1. The lowest BCUT2D eigenvalue weighted by Crippen LogP contribution is -2.14. The average Bonchev–Trinajstić information content (AvgIpc) is 2.00. The highest BCUT2D eigenvalue weighted by atomic mass is 32.2. The molecule has 0 fully saturated rings. The van der Waals surface area contributed by atoms with Crippen LogP contribution >= 0.6 is 12.0 Å². The fraction of sp³-hybridized carbons (Fsp3) is 0. The number of non-ortho nitro benzene ring substituents is 1. The van der Waals surface area contributed by atoms with Gasteiger partial charge in [-0.1, -0.05) is 5.04 Å². The summed E-state index contributed by atoms with van der Waals surface area (Å²) in [6, 6.07) is 10.3. The maximum atomic E-state index is 13.4. The van der Waals surface area contributed by atoms with Crippen molar-refractivity contribution in [3.05, 3.63) is 117 Å². The molecule has 1 aromatic heterocycles. The van der Waals surface area contributed by atoms with Crippen LogP contribution in [0.25, 0.3) is 27.2 Å². The number of nitro benzene ring substituents is 1. The van der Waals surface area contributed by atoms with Crippen LogP contribution in [0.15, 0.2) is 171 Å². The normalized spacial score (nSPS) is 13.1. The summed E-state index contributed by atoms with van der Waals surface area (Å²) in [5, 5.41) is 84.5. The molecule has 0 aliphatic carbocycles. The third-order valence-electron chi connectivity index (χ3n) is 11.6. The Morgan fingerprint density at radius 2 is 1.13 bits per heavy atom. The number of hydrogen-bond acceptors (Lipinski definition) is 31. The minimum atomic E-state index is -5.76. The van der Waals surface area contributed by atoms with Gasteiger partial charge >= 0.3 is 5.97 Å². The molecule has 13 N–H and O–H groups in total. The maximum Gasteiger partial charge on any atom is 0.356 e. The molecule has 0 amide bonds. The molecule has 8 aromatic rings. The number of nitrogens with zero attached hydrogens (tertiary/aromatic N) is 10. The highest BCUT2D eigenvalue weighted by Crippen LogP contribution is 2.51. The van der Waals surface area contributed by atoms with E-state index in [4.69, 9.17) is 11.0 Å². The number of nitro groups is 1. The first-order chi connectivity index (χ1) is 41.2. The van der Waals surface area contributed by atoms with Gasteiger partial charge in [0.2, 0.25) is 0 Å². The number of nitrogens with two attached hydrogens (primary N) is 1. The van der Waals surface area contributed by atoms with E-state index in [9.17, 15) is 113 Å². The molecule has 0 bridgehead atoms. The summed E-state index contributed by atoms with van der Waals surface area (Å²) in [6.45, 7) is 0. The number of azo groups is 4. The van der Waals surface area contributed by atoms with Crippen molar-refractivity contribution in [2.45, 2.75) is 34.3 Å². The Kier molecular flexibility index (Phi) is 17.5. The lowest BCUT2D eigenvalue weighted by Gasteiger charge is -2.15. The van der Waals surface area contributed by atoms with E-state index in [1.54, 1.807) is 0 Å². The van der Waals surface area contributed by atoms with E-state index >= 15 is 0 Å². The van der Waals surface area contributed by atoms with Crippen molar-refractivity contribution >= 4 is 157 Å². The van der Waals surface area contributed by atoms with Crippen molar-refractivity contribution in [1.29, 1.82) is 0 Å². The predicted molar refractivity (Wildman–Crippen MR) is 295 cm³/mol. The van der Waals surface area contributed by atoms with Gasteiger partial charge in [0, 0.05) is 28.3 Å². The molecule has 0 saturated heterocycles. The fourth-order valence-electron chi connectivity index (χ4n) is 7.85. The van der Waals surface area contributed by atoms with E-state index in [0.717, 1.165) is 48.5 Å². The Balaban J connectivity index is 1.24. The summed E-state index contributed by atoms with van der Waals surface area (Å²) in [6.07, 6.45) is 0. The summed E-state index contributed by atoms with van der Waals surface area (Å²) in [5.74, 6) is -4.48. The number of aromatic nitrogens is 2. The zero-order valence-corrected chi connectivity index (χ0v) is 48.1. The van der Waals surface area contributed by atoms with Crippen molar-refractivity contribution in [3.8, 4) is 17.2 Å². The molecule has 0 spiro atoms. The first-order valence-electron chi connectivity index (χ1n) is 22.4. The highest BCUT2D eigenvalue weighted by molar-refractivity contribution is 7.94. The molecule has 0 aliphatic rings. The van der Waals surface area contributed by atoms with Gasteiger partial charge in [0.15, 0.2) is 22.9 Å². The number of phenols is 2. The van der Waals surface area contributed by atoms with Crippen molar-refractivity contribution in [2.75, 3.05) is 5.73 Å². The third kappa shape index (κ3) is 13.6. The monoisotopic (exact) mass is 1370 g/mol. The van der Waals surface area contributed by atoms with Gasteiger partial charge in [-0.2, -0.15) is 55.6 Å². The summed E-state index contributed by atoms with van der Waals surface area (Å²) in [4.78, 5) is 28.1. The van der Waals surface area contributed by atoms with Crippen LogP contribution in [-0.2, 0) is 70.1 Å². The Hall–Kier alpha value is -9.57. The summed E-state index contributed by atoms with van der Waals surface area (Å²) in [7, 11) is -32.3. The number of anilines is 1. The predicted octanol–water partition coefficient (Wildman–Crippen LogP) is 7.64. The van der Waals surface area contributed by atoms with Crippen LogP contribution in [0.1, 0.15) is 10.5 Å². The van der Waals surface area contributed by atoms with Gasteiger partial charge in [-0.25, -0.2) is 14.7 Å². The topological polar surface area (TPSA) is 649 Å². The number of aromatic amines is 1. The number of aromatic hydroxyl groups is 2. The van der Waals surface area contributed by atoms with Crippen molar-refractivity contribution in [2.24, 2.45) is 40.9 Å². The van der Waals surface area contributed by atoms with Crippen molar-refractivity contribution in [1.82, 2.24) is 9.78 Å². The first kappa shape index (κ1) is 65.4. The molecular formula is C42H28N12O28S7. The van der Waals surface area contributed by atoms with Crippen LogP contribution < -0.4 is 11.3 Å². The van der Waals surface area contributed by atoms with E-state index in [2.05, 4.69) is 55.4 Å². The van der Waals surface area contributed by atoms with E-state index in [1.807, 2.05) is 0 Å². The Morgan fingerprint density at radius 3 is 1.71 bits per heavy atom. The van der Waals surface area contributed by atoms with Crippen LogP contribution in [0.5, 0.6) is 11.5 Å². The summed E-state index contributed by atoms with van der Waals surface area (Å²) >= 11 is -0.0559. The van der Waals surface area contributed by atoms with Crippen molar-refractivity contribution < 1.29 is 117 Å². The van der Waals surface area contributed by atoms with Gasteiger partial charge in [-0.05, 0) is 78.9 Å². The highest BCUT2D eigenvalue weighted by Gasteiger charge is 2.31. The molecule has 7 aromatic carbocycles. The van der Waals surface area contributed by atoms with Crippen LogP contribution in [0.2, 0.25) is 0 Å². The molecule has 0 radical (unpaired) electrons. The molecule has 8 rings (SSSR count). The zero-order valence-electron chi connectivity index (χ0n) is 42.4. The lowest BCUT2D eigenvalue weighted by molar-refractivity contribution is -0.432. The Bertz CT molecular complexity index is 5310. The zero-order chi connectivity index (χ0) is 65.8. The molecule has 0 unspecified atom stereocenters. The Morgan fingerprint density at radius 1 is 0.562 bits per heavy atom. The van der Waals surface area contributed by atoms with E-state index in [0.29, 0.717) is 47.1 Å². The van der Waals surface area contributed by atoms with Crippen molar-refractivity contribution in [3.63, 3.8) is 0 Å².